The van der Waals surface area contributed by atoms with Crippen LogP contribution in [-0.4, -0.2) is 4.98 Å². The quantitative estimate of drug-likeness (QED) is 0.840. The van der Waals surface area contributed by atoms with E-state index in [0.29, 0.717) is 10.2 Å². The fraction of sp³-hybridized carbons (Fsp3) is 0.143. The predicted octanol–water partition coefficient (Wildman–Crippen LogP) is 4.01. The lowest BCUT2D eigenvalue weighted by Gasteiger charge is -2.12. The first-order valence-electron chi connectivity index (χ1n) is 5.43. The highest BCUT2D eigenvalue weighted by atomic mass is 79.9. The van der Waals surface area contributed by atoms with Crippen LogP contribution in [0.25, 0.3) is 0 Å². The summed E-state index contributed by atoms with van der Waals surface area (Å²) in [6.07, 6.45) is 1.65. The Kier molecular flexibility index (Phi) is 3.73. The molecule has 18 heavy (non-hydrogen) atoms. The van der Waals surface area contributed by atoms with E-state index in [2.05, 4.69) is 20.9 Å². The van der Waals surface area contributed by atoms with Crippen molar-refractivity contribution in [2.24, 2.45) is 0 Å². The summed E-state index contributed by atoms with van der Waals surface area (Å²) in [6.45, 7) is 1.98. The summed E-state index contributed by atoms with van der Waals surface area (Å²) in [6, 6.07) is 10.3. The molecule has 0 saturated carbocycles. The summed E-state index contributed by atoms with van der Waals surface area (Å²) < 4.78 is 13.8. The van der Waals surface area contributed by atoms with Crippen LogP contribution in [0.1, 0.15) is 29.7 Å². The highest BCUT2D eigenvalue weighted by Crippen LogP contribution is 2.27. The Balaban J connectivity index is 2.38. The van der Waals surface area contributed by atoms with E-state index in [9.17, 15) is 4.39 Å². The Bertz CT molecular complexity index is 619. The molecule has 0 aliphatic carbocycles. The third-order valence-corrected chi connectivity index (χ3v) is 3.42. The molecule has 2 aromatic rings. The van der Waals surface area contributed by atoms with Gasteiger partial charge in [0.15, 0.2) is 5.69 Å². The van der Waals surface area contributed by atoms with E-state index in [1.807, 2.05) is 25.1 Å². The van der Waals surface area contributed by atoms with E-state index < -0.39 is 0 Å². The summed E-state index contributed by atoms with van der Waals surface area (Å²) in [5.41, 5.74) is 2.17. The molecule has 4 heteroatoms. The van der Waals surface area contributed by atoms with Gasteiger partial charge in [0.1, 0.15) is 11.9 Å². The minimum absolute atomic E-state index is 0.0252. The number of aromatic nitrogens is 1. The Labute approximate surface area is 113 Å². The maximum absolute atomic E-state index is 13.2. The molecule has 2 nitrogen and oxygen atoms in total. The average molecular weight is 305 g/mol. The van der Waals surface area contributed by atoms with Crippen molar-refractivity contribution < 1.29 is 4.39 Å². The minimum atomic E-state index is -0.250. The highest BCUT2D eigenvalue weighted by molar-refractivity contribution is 9.10. The third-order valence-electron chi connectivity index (χ3n) is 2.82. The second-order valence-electron chi connectivity index (χ2n) is 3.99. The molecule has 1 aromatic carbocycles. The molecule has 0 radical (unpaired) electrons. The molecule has 1 heterocycles. The van der Waals surface area contributed by atoms with Gasteiger partial charge in [0.2, 0.25) is 0 Å². The number of nitriles is 1. The minimum Gasteiger partial charge on any atom is -0.244 e. The third kappa shape index (κ3) is 2.57. The lowest BCUT2D eigenvalue weighted by Crippen LogP contribution is -1.99. The summed E-state index contributed by atoms with van der Waals surface area (Å²) in [7, 11) is 0. The zero-order valence-electron chi connectivity index (χ0n) is 9.69. The molecular formula is C14H10BrFN2. The maximum atomic E-state index is 13.2. The summed E-state index contributed by atoms with van der Waals surface area (Å²) >= 11 is 3.30. The molecule has 0 aliphatic rings. The molecule has 1 atom stereocenters. The van der Waals surface area contributed by atoms with Gasteiger partial charge < -0.3 is 0 Å². The van der Waals surface area contributed by atoms with E-state index in [0.717, 1.165) is 11.1 Å². The predicted molar refractivity (Wildman–Crippen MR) is 70.6 cm³/mol. The highest BCUT2D eigenvalue weighted by Gasteiger charge is 2.11. The van der Waals surface area contributed by atoms with Crippen LogP contribution >= 0.6 is 15.9 Å². The molecule has 0 spiro atoms. The lowest BCUT2D eigenvalue weighted by atomic mass is 9.94. The van der Waals surface area contributed by atoms with Gasteiger partial charge >= 0.3 is 0 Å². The van der Waals surface area contributed by atoms with Gasteiger partial charge in [-0.2, -0.15) is 5.26 Å². The van der Waals surface area contributed by atoms with Gasteiger partial charge in [0.25, 0.3) is 0 Å². The Morgan fingerprint density at radius 2 is 2.11 bits per heavy atom. The van der Waals surface area contributed by atoms with Crippen LogP contribution in [0.15, 0.2) is 41.0 Å². The smallest absolute Gasteiger partial charge is 0.154 e. The van der Waals surface area contributed by atoms with E-state index in [1.165, 1.54) is 12.1 Å². The second-order valence-corrected chi connectivity index (χ2v) is 4.84. The van der Waals surface area contributed by atoms with Crippen molar-refractivity contribution in [2.45, 2.75) is 12.8 Å². The van der Waals surface area contributed by atoms with Crippen LogP contribution < -0.4 is 0 Å². The molecule has 0 saturated heterocycles. The second kappa shape index (κ2) is 5.28. The summed E-state index contributed by atoms with van der Waals surface area (Å²) in [5, 5.41) is 8.81. The van der Waals surface area contributed by atoms with Crippen molar-refractivity contribution in [2.75, 3.05) is 0 Å². The van der Waals surface area contributed by atoms with Crippen LogP contribution in [0.3, 0.4) is 0 Å². The molecule has 2 rings (SSSR count). The number of halogens is 2. The van der Waals surface area contributed by atoms with E-state index in [-0.39, 0.29) is 11.7 Å². The molecule has 1 aromatic heterocycles. The van der Waals surface area contributed by atoms with E-state index >= 15 is 0 Å². The normalized spacial score (nSPS) is 11.9. The average Bonchev–Trinajstić information content (AvgIpc) is 2.37. The zero-order valence-corrected chi connectivity index (χ0v) is 11.3. The molecule has 0 fully saturated rings. The zero-order chi connectivity index (χ0) is 13.1. The number of nitrogens with zero attached hydrogens (tertiary/aromatic N) is 2. The number of benzene rings is 1. The van der Waals surface area contributed by atoms with Gasteiger partial charge in [-0.05, 0) is 45.3 Å². The van der Waals surface area contributed by atoms with E-state index in [1.54, 1.807) is 12.3 Å². The summed E-state index contributed by atoms with van der Waals surface area (Å²) in [4.78, 5) is 4.06. The molecule has 1 unspecified atom stereocenters. The molecule has 0 bridgehead atoms. The van der Waals surface area contributed by atoms with Crippen molar-refractivity contribution in [3.8, 4) is 6.07 Å². The maximum Gasteiger partial charge on any atom is 0.154 e. The van der Waals surface area contributed by atoms with Gasteiger partial charge in [-0.15, -0.1) is 0 Å². The van der Waals surface area contributed by atoms with Gasteiger partial charge in [-0.25, -0.2) is 9.37 Å². The summed E-state index contributed by atoms with van der Waals surface area (Å²) in [5.74, 6) is -0.225. The Morgan fingerprint density at radius 1 is 1.33 bits per heavy atom. The molecule has 0 aliphatic heterocycles. The Hall–Kier alpha value is -1.73. The molecule has 0 N–H and O–H groups in total. The number of hydrogen-bond acceptors (Lipinski definition) is 2. The Morgan fingerprint density at radius 3 is 2.72 bits per heavy atom. The van der Waals surface area contributed by atoms with Crippen molar-refractivity contribution in [1.82, 2.24) is 4.98 Å². The van der Waals surface area contributed by atoms with Crippen LogP contribution in [0.5, 0.6) is 0 Å². The first-order valence-corrected chi connectivity index (χ1v) is 6.22. The van der Waals surface area contributed by atoms with E-state index in [4.69, 9.17) is 5.26 Å². The molecular weight excluding hydrogens is 295 g/mol. The number of hydrogen-bond donors (Lipinski definition) is 0. The van der Waals surface area contributed by atoms with Crippen molar-refractivity contribution in [3.63, 3.8) is 0 Å². The van der Waals surface area contributed by atoms with Gasteiger partial charge in [-0.3, -0.25) is 0 Å². The largest absolute Gasteiger partial charge is 0.244 e. The number of pyridine rings is 1. The number of rotatable bonds is 2. The van der Waals surface area contributed by atoms with Gasteiger partial charge in [-0.1, -0.05) is 19.1 Å². The van der Waals surface area contributed by atoms with Crippen LogP contribution in [-0.2, 0) is 0 Å². The first-order chi connectivity index (χ1) is 8.61. The standard InChI is InChI=1S/C14H10BrFN2/c1-9(10-3-2-4-12(16)5-10)11-6-13(15)14(7-17)18-8-11/h2-6,8-9H,1H3. The van der Waals surface area contributed by atoms with Crippen LogP contribution in [0, 0.1) is 17.1 Å². The molecule has 90 valence electrons. The molecule has 0 amide bonds. The topological polar surface area (TPSA) is 36.7 Å². The fourth-order valence-electron chi connectivity index (χ4n) is 1.74. The van der Waals surface area contributed by atoms with Gasteiger partial charge in [0.05, 0.1) is 4.47 Å². The first kappa shape index (κ1) is 12.7. The van der Waals surface area contributed by atoms with Crippen LogP contribution in [0.4, 0.5) is 4.39 Å². The van der Waals surface area contributed by atoms with Crippen molar-refractivity contribution in [1.29, 1.82) is 5.26 Å². The lowest BCUT2D eigenvalue weighted by molar-refractivity contribution is 0.624. The fourth-order valence-corrected chi connectivity index (χ4v) is 2.20. The SMILES string of the molecule is CC(c1cccc(F)c1)c1cnc(C#N)c(Br)c1. The monoisotopic (exact) mass is 304 g/mol. The van der Waals surface area contributed by atoms with Gasteiger partial charge in [0, 0.05) is 12.1 Å². The van der Waals surface area contributed by atoms with Crippen molar-refractivity contribution in [3.05, 3.63) is 63.6 Å². The van der Waals surface area contributed by atoms with Crippen molar-refractivity contribution >= 4 is 15.9 Å². The van der Waals surface area contributed by atoms with Crippen LogP contribution in [0.2, 0.25) is 0 Å².